The highest BCUT2D eigenvalue weighted by Gasteiger charge is 2.27. The molecule has 0 spiro atoms. The molecule has 3 amide bonds. The molecule has 2 rings (SSSR count). The zero-order chi connectivity index (χ0) is 14.7. The zero-order valence-electron chi connectivity index (χ0n) is 11.5. The lowest BCUT2D eigenvalue weighted by molar-refractivity contribution is -0.125. The van der Waals surface area contributed by atoms with E-state index in [-0.39, 0.29) is 11.9 Å². The van der Waals surface area contributed by atoms with Gasteiger partial charge < -0.3 is 11.5 Å². The van der Waals surface area contributed by atoms with Gasteiger partial charge in [0.05, 0.1) is 12.1 Å². The number of amides is 3. The molecule has 1 aliphatic heterocycles. The van der Waals surface area contributed by atoms with E-state index < -0.39 is 6.03 Å². The molecule has 2 heterocycles. The van der Waals surface area contributed by atoms with Crippen LogP contribution >= 0.6 is 0 Å². The van der Waals surface area contributed by atoms with Gasteiger partial charge in [-0.25, -0.2) is 4.79 Å². The standard InChI is InChI=1S/C12H20N6O2/c1-8(11(19)15-12(14)20)17-5-2-9(3-6-17)18-7-4-10(13)16-18/h4,7-9H,2-3,5-6H2,1H3,(H2,13,16)(H3,14,15,19,20). The van der Waals surface area contributed by atoms with E-state index in [4.69, 9.17) is 11.5 Å². The average Bonchev–Trinajstić information content (AvgIpc) is 2.84. The molecule has 1 saturated heterocycles. The van der Waals surface area contributed by atoms with Gasteiger partial charge in [0.25, 0.3) is 0 Å². The van der Waals surface area contributed by atoms with E-state index in [1.807, 2.05) is 15.8 Å². The van der Waals surface area contributed by atoms with Crippen LogP contribution in [0.1, 0.15) is 25.8 Å². The second kappa shape index (κ2) is 5.91. The molecule has 0 aliphatic carbocycles. The highest BCUT2D eigenvalue weighted by molar-refractivity contribution is 5.96. The van der Waals surface area contributed by atoms with Crippen LogP contribution < -0.4 is 16.8 Å². The Kier molecular flexibility index (Phi) is 4.23. The number of anilines is 1. The lowest BCUT2D eigenvalue weighted by Gasteiger charge is -2.35. The van der Waals surface area contributed by atoms with Gasteiger partial charge in [0.1, 0.15) is 5.82 Å². The highest BCUT2D eigenvalue weighted by atomic mass is 16.2. The predicted molar refractivity (Wildman–Crippen MR) is 73.7 cm³/mol. The SMILES string of the molecule is CC(C(=O)NC(N)=O)N1CCC(n2ccc(N)n2)CC1. The van der Waals surface area contributed by atoms with Crippen LogP contribution in [-0.4, -0.2) is 45.8 Å². The molecule has 1 aliphatic rings. The first-order valence-electron chi connectivity index (χ1n) is 6.62. The normalized spacial score (nSPS) is 18.6. The molecule has 20 heavy (non-hydrogen) atoms. The third-order valence-corrected chi connectivity index (χ3v) is 3.68. The molecule has 8 nitrogen and oxygen atoms in total. The van der Waals surface area contributed by atoms with Crippen molar-refractivity contribution in [3.63, 3.8) is 0 Å². The molecule has 5 N–H and O–H groups in total. The van der Waals surface area contributed by atoms with Crippen molar-refractivity contribution in [3.05, 3.63) is 12.3 Å². The van der Waals surface area contributed by atoms with E-state index >= 15 is 0 Å². The Bertz CT molecular complexity index is 492. The number of likely N-dealkylation sites (tertiary alicyclic amines) is 1. The number of rotatable bonds is 3. The number of piperidine rings is 1. The first-order chi connectivity index (χ1) is 9.47. The van der Waals surface area contributed by atoms with Crippen molar-refractivity contribution >= 4 is 17.8 Å². The summed E-state index contributed by atoms with van der Waals surface area (Å²) < 4.78 is 1.88. The minimum atomic E-state index is -0.816. The minimum absolute atomic E-state index is 0.301. The molecule has 1 atom stereocenters. The molecule has 1 unspecified atom stereocenters. The predicted octanol–water partition coefficient (Wildman–Crippen LogP) is -0.314. The number of nitrogens with zero attached hydrogens (tertiary/aromatic N) is 3. The number of nitrogens with two attached hydrogens (primary N) is 2. The summed E-state index contributed by atoms with van der Waals surface area (Å²) in [5.74, 6) is 0.154. The van der Waals surface area contributed by atoms with Gasteiger partial charge in [0.2, 0.25) is 5.91 Å². The second-order valence-electron chi connectivity index (χ2n) is 5.02. The van der Waals surface area contributed by atoms with Gasteiger partial charge in [-0.1, -0.05) is 0 Å². The maximum atomic E-state index is 11.7. The van der Waals surface area contributed by atoms with Crippen molar-refractivity contribution in [2.24, 2.45) is 5.73 Å². The van der Waals surface area contributed by atoms with E-state index in [1.54, 1.807) is 13.0 Å². The van der Waals surface area contributed by atoms with Crippen molar-refractivity contribution in [1.82, 2.24) is 20.0 Å². The molecule has 0 bridgehead atoms. The van der Waals surface area contributed by atoms with Crippen LogP contribution in [0.25, 0.3) is 0 Å². The summed E-state index contributed by atoms with van der Waals surface area (Å²) >= 11 is 0. The summed E-state index contributed by atoms with van der Waals surface area (Å²) in [6.07, 6.45) is 3.64. The van der Waals surface area contributed by atoms with Crippen LogP contribution in [0.15, 0.2) is 12.3 Å². The van der Waals surface area contributed by atoms with E-state index in [1.165, 1.54) is 0 Å². The van der Waals surface area contributed by atoms with Gasteiger partial charge in [-0.15, -0.1) is 0 Å². The van der Waals surface area contributed by atoms with Crippen molar-refractivity contribution in [2.45, 2.75) is 31.8 Å². The molecule has 1 aromatic rings. The molecular formula is C12H20N6O2. The number of carbonyl (C=O) groups excluding carboxylic acids is 2. The molecule has 0 radical (unpaired) electrons. The summed E-state index contributed by atoms with van der Waals surface area (Å²) in [5, 5.41) is 6.32. The molecule has 8 heteroatoms. The molecule has 0 aromatic carbocycles. The van der Waals surface area contributed by atoms with Gasteiger partial charge in [-0.3, -0.25) is 19.7 Å². The molecule has 0 saturated carbocycles. The Morgan fingerprint density at radius 1 is 1.45 bits per heavy atom. The fourth-order valence-electron chi connectivity index (χ4n) is 2.49. The van der Waals surface area contributed by atoms with Crippen LogP contribution in [0, 0.1) is 0 Å². The number of aromatic nitrogens is 2. The summed E-state index contributed by atoms with van der Waals surface area (Å²) in [4.78, 5) is 24.4. The third kappa shape index (κ3) is 3.27. The maximum absolute atomic E-state index is 11.7. The topological polar surface area (TPSA) is 119 Å². The third-order valence-electron chi connectivity index (χ3n) is 3.68. The fourth-order valence-corrected chi connectivity index (χ4v) is 2.49. The molecular weight excluding hydrogens is 260 g/mol. The number of primary amides is 1. The quantitative estimate of drug-likeness (QED) is 0.701. The van der Waals surface area contributed by atoms with Crippen molar-refractivity contribution in [2.75, 3.05) is 18.8 Å². The number of nitrogen functional groups attached to an aromatic ring is 1. The first kappa shape index (κ1) is 14.3. The van der Waals surface area contributed by atoms with Crippen molar-refractivity contribution in [1.29, 1.82) is 0 Å². The van der Waals surface area contributed by atoms with Gasteiger partial charge in [0, 0.05) is 19.3 Å². The fraction of sp³-hybridized carbons (Fsp3) is 0.583. The second-order valence-corrected chi connectivity index (χ2v) is 5.02. The van der Waals surface area contributed by atoms with Crippen LogP contribution in [-0.2, 0) is 4.79 Å². The van der Waals surface area contributed by atoms with Crippen LogP contribution in [0.3, 0.4) is 0 Å². The van der Waals surface area contributed by atoms with Crippen LogP contribution in [0.5, 0.6) is 0 Å². The zero-order valence-corrected chi connectivity index (χ0v) is 11.5. The highest BCUT2D eigenvalue weighted by Crippen LogP contribution is 2.23. The Hall–Kier alpha value is -2.09. The lowest BCUT2D eigenvalue weighted by Crippen LogP contribution is -2.50. The number of nitrogens with one attached hydrogen (secondary N) is 1. The van der Waals surface area contributed by atoms with Crippen LogP contribution in [0.4, 0.5) is 10.6 Å². The summed E-state index contributed by atoms with van der Waals surface area (Å²) in [6.45, 7) is 3.29. The van der Waals surface area contributed by atoms with Crippen LogP contribution in [0.2, 0.25) is 0 Å². The van der Waals surface area contributed by atoms with Crippen molar-refractivity contribution < 1.29 is 9.59 Å². The molecule has 1 fully saturated rings. The van der Waals surface area contributed by atoms with Gasteiger partial charge in [-0.05, 0) is 25.8 Å². The van der Waals surface area contributed by atoms with E-state index in [0.29, 0.717) is 11.9 Å². The van der Waals surface area contributed by atoms with Gasteiger partial charge >= 0.3 is 6.03 Å². The number of urea groups is 1. The smallest absolute Gasteiger partial charge is 0.318 e. The monoisotopic (exact) mass is 280 g/mol. The number of imide groups is 1. The maximum Gasteiger partial charge on any atom is 0.318 e. The number of hydrogen-bond acceptors (Lipinski definition) is 5. The average molecular weight is 280 g/mol. The Morgan fingerprint density at radius 3 is 2.60 bits per heavy atom. The number of hydrogen-bond donors (Lipinski definition) is 3. The molecule has 1 aromatic heterocycles. The largest absolute Gasteiger partial charge is 0.382 e. The Morgan fingerprint density at radius 2 is 2.10 bits per heavy atom. The van der Waals surface area contributed by atoms with Gasteiger partial charge in [-0.2, -0.15) is 5.10 Å². The van der Waals surface area contributed by atoms with E-state index in [2.05, 4.69) is 10.4 Å². The summed E-state index contributed by atoms with van der Waals surface area (Å²) in [7, 11) is 0. The van der Waals surface area contributed by atoms with Gasteiger partial charge in [0.15, 0.2) is 0 Å². The Labute approximate surface area is 117 Å². The Balaban J connectivity index is 1.87. The first-order valence-corrected chi connectivity index (χ1v) is 6.62. The number of carbonyl (C=O) groups is 2. The van der Waals surface area contributed by atoms with E-state index in [0.717, 1.165) is 25.9 Å². The minimum Gasteiger partial charge on any atom is -0.382 e. The summed E-state index contributed by atoms with van der Waals surface area (Å²) in [5.41, 5.74) is 10.6. The van der Waals surface area contributed by atoms with Crippen molar-refractivity contribution in [3.8, 4) is 0 Å². The van der Waals surface area contributed by atoms with E-state index in [9.17, 15) is 9.59 Å². The lowest BCUT2D eigenvalue weighted by atomic mass is 10.0. The molecule has 110 valence electrons. The summed E-state index contributed by atoms with van der Waals surface area (Å²) in [6, 6.07) is 0.889.